The summed E-state index contributed by atoms with van der Waals surface area (Å²) in [6, 6.07) is 11.0. The number of para-hydroxylation sites is 1. The molecule has 100 valence electrons. The molecule has 0 aliphatic carbocycles. The lowest BCUT2D eigenvalue weighted by atomic mass is 10.0. The van der Waals surface area contributed by atoms with Gasteiger partial charge in [-0.05, 0) is 23.8 Å². The summed E-state index contributed by atoms with van der Waals surface area (Å²) in [6.45, 7) is 0.969. The average molecular weight is 259 g/mol. The Hall–Kier alpha value is -1.91. The molecular weight excluding hydrogens is 242 g/mol. The number of aromatic nitrogens is 1. The fraction of sp³-hybridized carbons (Fsp3) is 0.267. The fourth-order valence-corrected chi connectivity index (χ4v) is 1.80. The molecule has 4 nitrogen and oxygen atoms in total. The minimum Gasteiger partial charge on any atom is -0.491 e. The largest absolute Gasteiger partial charge is 0.491 e. The predicted molar refractivity (Wildman–Crippen MR) is 72.1 cm³/mol. The van der Waals surface area contributed by atoms with Gasteiger partial charge in [-0.3, -0.25) is 4.98 Å². The quantitative estimate of drug-likeness (QED) is 0.808. The van der Waals surface area contributed by atoms with Crippen molar-refractivity contribution < 1.29 is 14.6 Å². The van der Waals surface area contributed by atoms with Crippen molar-refractivity contribution in [3.8, 4) is 5.75 Å². The molecule has 1 unspecified atom stereocenters. The molecule has 1 aromatic carbocycles. The number of pyridine rings is 1. The maximum Gasteiger partial charge on any atom is 0.125 e. The van der Waals surface area contributed by atoms with Crippen LogP contribution in [0.15, 0.2) is 48.8 Å². The van der Waals surface area contributed by atoms with E-state index in [2.05, 4.69) is 4.98 Å². The number of hydrogen-bond acceptors (Lipinski definition) is 4. The highest BCUT2D eigenvalue weighted by Crippen LogP contribution is 2.29. The van der Waals surface area contributed by atoms with Gasteiger partial charge in [0.15, 0.2) is 0 Å². The molecular formula is C15H17NO3. The average Bonchev–Trinajstić information content (AvgIpc) is 2.48. The molecule has 0 spiro atoms. The van der Waals surface area contributed by atoms with Crippen molar-refractivity contribution in [2.45, 2.75) is 6.10 Å². The number of aliphatic hydroxyl groups is 1. The SMILES string of the molecule is COCCOc1ccccc1C(O)c1ccncc1. The van der Waals surface area contributed by atoms with E-state index in [9.17, 15) is 5.11 Å². The molecule has 1 heterocycles. The lowest BCUT2D eigenvalue weighted by Crippen LogP contribution is -2.08. The van der Waals surface area contributed by atoms with Crippen LogP contribution in [0.4, 0.5) is 0 Å². The first-order chi connectivity index (χ1) is 9.33. The lowest BCUT2D eigenvalue weighted by molar-refractivity contribution is 0.142. The summed E-state index contributed by atoms with van der Waals surface area (Å²) in [7, 11) is 1.63. The molecule has 0 radical (unpaired) electrons. The van der Waals surface area contributed by atoms with Gasteiger partial charge in [0, 0.05) is 25.1 Å². The van der Waals surface area contributed by atoms with E-state index in [1.807, 2.05) is 24.3 Å². The standard InChI is InChI=1S/C15H17NO3/c1-18-10-11-19-14-5-3-2-4-13(14)15(17)12-6-8-16-9-7-12/h2-9,15,17H,10-11H2,1H3. The summed E-state index contributed by atoms with van der Waals surface area (Å²) in [5.41, 5.74) is 1.53. The van der Waals surface area contributed by atoms with Crippen LogP contribution in [0.5, 0.6) is 5.75 Å². The molecule has 0 amide bonds. The monoisotopic (exact) mass is 259 g/mol. The molecule has 4 heteroatoms. The van der Waals surface area contributed by atoms with Crippen LogP contribution in [0.25, 0.3) is 0 Å². The Kier molecular flexibility index (Phi) is 4.89. The molecule has 2 rings (SSSR count). The van der Waals surface area contributed by atoms with Gasteiger partial charge in [-0.1, -0.05) is 18.2 Å². The number of benzene rings is 1. The van der Waals surface area contributed by atoms with Crippen molar-refractivity contribution in [3.63, 3.8) is 0 Å². The molecule has 1 N–H and O–H groups in total. The predicted octanol–water partition coefficient (Wildman–Crippen LogP) is 2.19. The van der Waals surface area contributed by atoms with Crippen molar-refractivity contribution in [2.75, 3.05) is 20.3 Å². The smallest absolute Gasteiger partial charge is 0.125 e. The molecule has 0 fully saturated rings. The first kappa shape index (κ1) is 13.5. The normalized spacial score (nSPS) is 12.1. The maximum atomic E-state index is 10.4. The zero-order valence-electron chi connectivity index (χ0n) is 10.8. The van der Waals surface area contributed by atoms with E-state index in [4.69, 9.17) is 9.47 Å². The second kappa shape index (κ2) is 6.87. The minimum absolute atomic E-state index is 0.455. The highest BCUT2D eigenvalue weighted by molar-refractivity contribution is 5.39. The summed E-state index contributed by atoms with van der Waals surface area (Å²) in [5, 5.41) is 10.4. The van der Waals surface area contributed by atoms with E-state index in [0.29, 0.717) is 19.0 Å². The van der Waals surface area contributed by atoms with Crippen LogP contribution >= 0.6 is 0 Å². The first-order valence-electron chi connectivity index (χ1n) is 6.11. The van der Waals surface area contributed by atoms with Crippen LogP contribution < -0.4 is 4.74 Å². The zero-order valence-corrected chi connectivity index (χ0v) is 10.8. The molecule has 19 heavy (non-hydrogen) atoms. The van der Waals surface area contributed by atoms with Gasteiger partial charge in [-0.15, -0.1) is 0 Å². The minimum atomic E-state index is -0.721. The number of hydrogen-bond donors (Lipinski definition) is 1. The molecule has 0 saturated heterocycles. The van der Waals surface area contributed by atoms with Gasteiger partial charge < -0.3 is 14.6 Å². The molecule has 1 aromatic heterocycles. The maximum absolute atomic E-state index is 10.4. The zero-order chi connectivity index (χ0) is 13.5. The van der Waals surface area contributed by atoms with Gasteiger partial charge in [0.2, 0.25) is 0 Å². The first-order valence-corrected chi connectivity index (χ1v) is 6.11. The summed E-state index contributed by atoms with van der Waals surface area (Å²) >= 11 is 0. The highest BCUT2D eigenvalue weighted by atomic mass is 16.5. The Labute approximate surface area is 112 Å². The van der Waals surface area contributed by atoms with Crippen molar-refractivity contribution in [3.05, 3.63) is 59.9 Å². The lowest BCUT2D eigenvalue weighted by Gasteiger charge is -2.16. The van der Waals surface area contributed by atoms with Crippen LogP contribution in [-0.2, 0) is 4.74 Å². The van der Waals surface area contributed by atoms with Gasteiger partial charge in [0.25, 0.3) is 0 Å². The van der Waals surface area contributed by atoms with Crippen LogP contribution in [0.1, 0.15) is 17.2 Å². The summed E-state index contributed by atoms with van der Waals surface area (Å²) < 4.78 is 10.6. The molecule has 2 aromatic rings. The molecule has 0 aliphatic rings. The highest BCUT2D eigenvalue weighted by Gasteiger charge is 2.14. The van der Waals surface area contributed by atoms with Crippen LogP contribution in [0.2, 0.25) is 0 Å². The van der Waals surface area contributed by atoms with Crippen LogP contribution in [0, 0.1) is 0 Å². The number of nitrogens with zero attached hydrogens (tertiary/aromatic N) is 1. The van der Waals surface area contributed by atoms with Crippen LogP contribution in [-0.4, -0.2) is 30.4 Å². The number of ether oxygens (including phenoxy) is 2. The Bertz CT molecular complexity index is 502. The van der Waals surface area contributed by atoms with E-state index < -0.39 is 6.10 Å². The van der Waals surface area contributed by atoms with Gasteiger partial charge >= 0.3 is 0 Å². The second-order valence-electron chi connectivity index (χ2n) is 4.06. The molecule has 1 atom stereocenters. The summed E-state index contributed by atoms with van der Waals surface area (Å²) in [4.78, 5) is 3.95. The van der Waals surface area contributed by atoms with Crippen molar-refractivity contribution >= 4 is 0 Å². The van der Waals surface area contributed by atoms with Crippen molar-refractivity contribution in [2.24, 2.45) is 0 Å². The van der Waals surface area contributed by atoms with E-state index in [1.54, 1.807) is 31.6 Å². The third kappa shape index (κ3) is 3.53. The van der Waals surface area contributed by atoms with Gasteiger partial charge in [0.05, 0.1) is 6.61 Å². The second-order valence-corrected chi connectivity index (χ2v) is 4.06. The molecule has 0 aliphatic heterocycles. The Morgan fingerprint density at radius 2 is 1.84 bits per heavy atom. The number of methoxy groups -OCH3 is 1. The van der Waals surface area contributed by atoms with Crippen molar-refractivity contribution in [1.82, 2.24) is 4.98 Å². The Morgan fingerprint density at radius 3 is 2.58 bits per heavy atom. The van der Waals surface area contributed by atoms with Gasteiger partial charge in [0.1, 0.15) is 18.5 Å². The molecule has 0 saturated carbocycles. The summed E-state index contributed by atoms with van der Waals surface area (Å²) in [6.07, 6.45) is 2.60. The van der Waals surface area contributed by atoms with Gasteiger partial charge in [-0.2, -0.15) is 0 Å². The van der Waals surface area contributed by atoms with Gasteiger partial charge in [-0.25, -0.2) is 0 Å². The Balaban J connectivity index is 2.19. The van der Waals surface area contributed by atoms with Crippen molar-refractivity contribution in [1.29, 1.82) is 0 Å². The third-order valence-corrected chi connectivity index (χ3v) is 2.78. The topological polar surface area (TPSA) is 51.6 Å². The van der Waals surface area contributed by atoms with Crippen LogP contribution in [0.3, 0.4) is 0 Å². The fourth-order valence-electron chi connectivity index (χ4n) is 1.80. The molecule has 0 bridgehead atoms. The third-order valence-electron chi connectivity index (χ3n) is 2.78. The summed E-state index contributed by atoms with van der Waals surface area (Å²) in [5.74, 6) is 0.670. The van der Waals surface area contributed by atoms with E-state index in [1.165, 1.54) is 0 Å². The Morgan fingerprint density at radius 1 is 1.11 bits per heavy atom. The van der Waals surface area contributed by atoms with E-state index in [-0.39, 0.29) is 0 Å². The number of rotatable bonds is 6. The van der Waals surface area contributed by atoms with E-state index in [0.717, 1.165) is 11.1 Å². The van der Waals surface area contributed by atoms with E-state index >= 15 is 0 Å². The number of aliphatic hydroxyl groups excluding tert-OH is 1.